The van der Waals surface area contributed by atoms with Crippen LogP contribution < -0.4 is 0 Å². The van der Waals surface area contributed by atoms with Crippen LogP contribution in [-0.4, -0.2) is 23.9 Å². The van der Waals surface area contributed by atoms with Gasteiger partial charge in [0.05, 0.1) is 18.8 Å². The summed E-state index contributed by atoms with van der Waals surface area (Å²) in [5.74, 6) is 0. The minimum atomic E-state index is -0.336. The monoisotopic (exact) mass is 134 g/mol. The van der Waals surface area contributed by atoms with Crippen molar-refractivity contribution in [2.75, 3.05) is 6.61 Å². The molecule has 0 radical (unpaired) electrons. The molecule has 9 heavy (non-hydrogen) atoms. The van der Waals surface area contributed by atoms with Crippen LogP contribution in [0, 0.1) is 0 Å². The van der Waals surface area contributed by atoms with Crippen molar-refractivity contribution in [1.82, 2.24) is 0 Å². The molecule has 0 aromatic carbocycles. The molecule has 1 N–H and O–H groups in total. The SMILES string of the molecule is C.CC(O)COC(C)C. The molecule has 0 aliphatic rings. The molecule has 0 saturated carbocycles. The average Bonchev–Trinajstić information content (AvgIpc) is 1.61. The number of hydrogen-bond acceptors (Lipinski definition) is 2. The Balaban J connectivity index is 0. The molecular weight excluding hydrogens is 116 g/mol. The first-order valence-corrected chi connectivity index (χ1v) is 2.92. The molecule has 0 saturated heterocycles. The summed E-state index contributed by atoms with van der Waals surface area (Å²) < 4.78 is 5.05. The van der Waals surface area contributed by atoms with Crippen LogP contribution in [0.4, 0.5) is 0 Å². The predicted molar refractivity (Wildman–Crippen MR) is 39.5 cm³/mol. The first-order valence-electron chi connectivity index (χ1n) is 2.92. The molecule has 0 aliphatic heterocycles. The third-order valence-electron chi connectivity index (χ3n) is 0.671. The Hall–Kier alpha value is -0.0800. The van der Waals surface area contributed by atoms with Crippen LogP contribution >= 0.6 is 0 Å². The lowest BCUT2D eigenvalue weighted by atomic mass is 10.4. The van der Waals surface area contributed by atoms with Gasteiger partial charge in [-0.25, -0.2) is 0 Å². The molecule has 0 heterocycles. The number of ether oxygens (including phenoxy) is 1. The molecule has 1 atom stereocenters. The Kier molecular flexibility index (Phi) is 7.85. The van der Waals surface area contributed by atoms with Crippen molar-refractivity contribution in [3.05, 3.63) is 0 Å². The summed E-state index contributed by atoms with van der Waals surface area (Å²) in [5, 5.41) is 8.68. The van der Waals surface area contributed by atoms with E-state index in [-0.39, 0.29) is 19.6 Å². The molecule has 0 amide bonds. The highest BCUT2D eigenvalue weighted by Gasteiger charge is 1.96. The normalized spacial score (nSPS) is 13.0. The lowest BCUT2D eigenvalue weighted by molar-refractivity contribution is 0.0134. The Morgan fingerprint density at radius 2 is 1.78 bits per heavy atom. The van der Waals surface area contributed by atoms with Crippen LogP contribution in [0.25, 0.3) is 0 Å². The number of aliphatic hydroxyl groups is 1. The summed E-state index contributed by atoms with van der Waals surface area (Å²) in [7, 11) is 0. The minimum absolute atomic E-state index is 0. The van der Waals surface area contributed by atoms with Gasteiger partial charge in [-0.1, -0.05) is 7.43 Å². The molecule has 0 bridgehead atoms. The Labute approximate surface area is 57.8 Å². The Bertz CT molecular complexity index is 42.9. The fourth-order valence-electron chi connectivity index (χ4n) is 0.332. The van der Waals surface area contributed by atoms with E-state index in [2.05, 4.69) is 0 Å². The highest BCUT2D eigenvalue weighted by molar-refractivity contribution is 4.43. The fourth-order valence-corrected chi connectivity index (χ4v) is 0.332. The summed E-state index contributed by atoms with van der Waals surface area (Å²) in [5.41, 5.74) is 0. The predicted octanol–water partition coefficient (Wildman–Crippen LogP) is 1.43. The quantitative estimate of drug-likeness (QED) is 0.632. The van der Waals surface area contributed by atoms with E-state index in [1.165, 1.54) is 0 Å². The van der Waals surface area contributed by atoms with Gasteiger partial charge in [-0.3, -0.25) is 0 Å². The zero-order valence-corrected chi connectivity index (χ0v) is 5.72. The highest BCUT2D eigenvalue weighted by atomic mass is 16.5. The molecule has 1 unspecified atom stereocenters. The second kappa shape index (κ2) is 6.05. The average molecular weight is 134 g/mol. The smallest absolute Gasteiger partial charge is 0.0745 e. The van der Waals surface area contributed by atoms with Gasteiger partial charge in [-0.2, -0.15) is 0 Å². The van der Waals surface area contributed by atoms with Gasteiger partial charge in [0.2, 0.25) is 0 Å². The maximum atomic E-state index is 8.68. The zero-order chi connectivity index (χ0) is 6.57. The number of hydrogen-bond donors (Lipinski definition) is 1. The summed E-state index contributed by atoms with van der Waals surface area (Å²) in [6.45, 7) is 6.05. The van der Waals surface area contributed by atoms with Gasteiger partial charge < -0.3 is 9.84 Å². The van der Waals surface area contributed by atoms with Gasteiger partial charge in [0.25, 0.3) is 0 Å². The van der Waals surface area contributed by atoms with Crippen LogP contribution in [0.5, 0.6) is 0 Å². The van der Waals surface area contributed by atoms with Crippen LogP contribution in [0.2, 0.25) is 0 Å². The van der Waals surface area contributed by atoms with E-state index in [4.69, 9.17) is 9.84 Å². The van der Waals surface area contributed by atoms with Gasteiger partial charge in [-0.05, 0) is 20.8 Å². The van der Waals surface area contributed by atoms with Crippen LogP contribution in [-0.2, 0) is 4.74 Å². The second-order valence-electron chi connectivity index (χ2n) is 2.23. The number of rotatable bonds is 3. The maximum Gasteiger partial charge on any atom is 0.0745 e. The van der Waals surface area contributed by atoms with E-state index < -0.39 is 0 Å². The van der Waals surface area contributed by atoms with E-state index in [0.717, 1.165) is 0 Å². The van der Waals surface area contributed by atoms with Crippen molar-refractivity contribution in [2.24, 2.45) is 0 Å². The van der Waals surface area contributed by atoms with E-state index in [9.17, 15) is 0 Å². The van der Waals surface area contributed by atoms with Gasteiger partial charge >= 0.3 is 0 Å². The Morgan fingerprint density at radius 1 is 1.33 bits per heavy atom. The summed E-state index contributed by atoms with van der Waals surface area (Å²) in [6, 6.07) is 0. The Morgan fingerprint density at radius 3 is 1.89 bits per heavy atom. The zero-order valence-electron chi connectivity index (χ0n) is 5.72. The largest absolute Gasteiger partial charge is 0.391 e. The molecule has 2 heteroatoms. The molecular formula is C7H18O2. The lowest BCUT2D eigenvalue weighted by Gasteiger charge is -2.07. The van der Waals surface area contributed by atoms with E-state index in [1.54, 1.807) is 6.92 Å². The second-order valence-corrected chi connectivity index (χ2v) is 2.23. The maximum absolute atomic E-state index is 8.68. The van der Waals surface area contributed by atoms with Crippen molar-refractivity contribution in [3.8, 4) is 0 Å². The van der Waals surface area contributed by atoms with Crippen molar-refractivity contribution in [1.29, 1.82) is 0 Å². The highest BCUT2D eigenvalue weighted by Crippen LogP contribution is 1.89. The van der Waals surface area contributed by atoms with Crippen LogP contribution in [0.1, 0.15) is 28.2 Å². The molecule has 0 spiro atoms. The van der Waals surface area contributed by atoms with Gasteiger partial charge in [-0.15, -0.1) is 0 Å². The van der Waals surface area contributed by atoms with Gasteiger partial charge in [0, 0.05) is 0 Å². The summed E-state index contributed by atoms with van der Waals surface area (Å²) in [6.07, 6.45) is -0.109. The third kappa shape index (κ3) is 11.5. The van der Waals surface area contributed by atoms with Gasteiger partial charge in [0.1, 0.15) is 0 Å². The lowest BCUT2D eigenvalue weighted by Crippen LogP contribution is -2.14. The van der Waals surface area contributed by atoms with Crippen molar-refractivity contribution < 1.29 is 9.84 Å². The van der Waals surface area contributed by atoms with Crippen molar-refractivity contribution in [2.45, 2.75) is 40.4 Å². The first kappa shape index (κ1) is 11.7. The number of aliphatic hydroxyl groups excluding tert-OH is 1. The van der Waals surface area contributed by atoms with Crippen LogP contribution in [0.15, 0.2) is 0 Å². The minimum Gasteiger partial charge on any atom is -0.391 e. The molecule has 0 aromatic rings. The molecule has 0 fully saturated rings. The van der Waals surface area contributed by atoms with Crippen LogP contribution in [0.3, 0.4) is 0 Å². The van der Waals surface area contributed by atoms with E-state index in [0.29, 0.717) is 6.61 Å². The molecule has 0 aliphatic carbocycles. The standard InChI is InChI=1S/C6H14O2.CH4/c1-5(2)8-4-6(3)7;/h5-7H,4H2,1-3H3;1H4. The molecule has 0 aromatic heterocycles. The third-order valence-corrected chi connectivity index (χ3v) is 0.671. The van der Waals surface area contributed by atoms with Crippen molar-refractivity contribution in [3.63, 3.8) is 0 Å². The molecule has 2 nitrogen and oxygen atoms in total. The molecule has 58 valence electrons. The van der Waals surface area contributed by atoms with E-state index in [1.807, 2.05) is 13.8 Å². The topological polar surface area (TPSA) is 29.5 Å². The molecule has 0 rings (SSSR count). The summed E-state index contributed by atoms with van der Waals surface area (Å²) in [4.78, 5) is 0. The fraction of sp³-hybridized carbons (Fsp3) is 1.00. The summed E-state index contributed by atoms with van der Waals surface area (Å²) >= 11 is 0. The van der Waals surface area contributed by atoms with E-state index >= 15 is 0 Å². The van der Waals surface area contributed by atoms with Crippen molar-refractivity contribution >= 4 is 0 Å². The van der Waals surface area contributed by atoms with Gasteiger partial charge in [0.15, 0.2) is 0 Å². The first-order chi connectivity index (χ1) is 3.63.